The van der Waals surface area contributed by atoms with Gasteiger partial charge < -0.3 is 20.3 Å². The summed E-state index contributed by atoms with van der Waals surface area (Å²) in [6.45, 7) is 7.27. The smallest absolute Gasteiger partial charge is 0.326 e. The average Bonchev–Trinajstić information content (AvgIpc) is 3.42. The van der Waals surface area contributed by atoms with Crippen molar-refractivity contribution >= 4 is 29.6 Å². The quantitative estimate of drug-likeness (QED) is 0.520. The zero-order valence-corrected chi connectivity index (χ0v) is 18.7. The van der Waals surface area contributed by atoms with Crippen LogP contribution in [0.1, 0.15) is 30.7 Å². The van der Waals surface area contributed by atoms with E-state index in [1.54, 1.807) is 6.07 Å². The lowest BCUT2D eigenvalue weighted by Gasteiger charge is -2.28. The van der Waals surface area contributed by atoms with Gasteiger partial charge in [-0.25, -0.2) is 4.39 Å². The number of nitrogens with one attached hydrogen (secondary N) is 3. The second kappa shape index (κ2) is 9.03. The molecule has 3 N–H and O–H groups in total. The average molecular weight is 448 g/mol. The number of aromatic amines is 1. The lowest BCUT2D eigenvalue weighted by atomic mass is 10.1. The number of fused-ring (bicyclic) bond motifs is 1. The van der Waals surface area contributed by atoms with Crippen molar-refractivity contribution in [2.75, 3.05) is 36.4 Å². The van der Waals surface area contributed by atoms with E-state index in [4.69, 9.17) is 4.74 Å². The van der Waals surface area contributed by atoms with Gasteiger partial charge in [-0.05, 0) is 38.0 Å². The van der Waals surface area contributed by atoms with Crippen LogP contribution in [0.15, 0.2) is 35.9 Å². The van der Waals surface area contributed by atoms with Gasteiger partial charge in [0.05, 0.1) is 5.69 Å². The van der Waals surface area contributed by atoms with Crippen LogP contribution >= 0.6 is 0 Å². The van der Waals surface area contributed by atoms with Crippen LogP contribution in [0.2, 0.25) is 0 Å². The normalized spacial score (nSPS) is 15.6. The molecule has 0 unspecified atom stereocenters. The van der Waals surface area contributed by atoms with E-state index in [9.17, 15) is 0 Å². The van der Waals surface area contributed by atoms with Crippen molar-refractivity contribution in [1.29, 1.82) is 0 Å². The molecule has 5 rings (SSSR count). The molecular formula is C24H26FN7O. The van der Waals surface area contributed by atoms with Crippen LogP contribution in [0.3, 0.4) is 0 Å². The Hall–Kier alpha value is -3.72. The van der Waals surface area contributed by atoms with Crippen molar-refractivity contribution in [3.63, 3.8) is 0 Å². The summed E-state index contributed by atoms with van der Waals surface area (Å²) >= 11 is 0. The van der Waals surface area contributed by atoms with Crippen LogP contribution in [0.5, 0.6) is 11.8 Å². The Morgan fingerprint density at radius 1 is 1.15 bits per heavy atom. The second-order valence-corrected chi connectivity index (χ2v) is 8.18. The molecule has 170 valence electrons. The van der Waals surface area contributed by atoms with Gasteiger partial charge in [-0.15, -0.1) is 0 Å². The first-order chi connectivity index (χ1) is 16.1. The minimum Gasteiger partial charge on any atom is -0.421 e. The molecule has 33 heavy (non-hydrogen) atoms. The maximum Gasteiger partial charge on any atom is 0.326 e. The molecule has 2 aliphatic rings. The van der Waals surface area contributed by atoms with Gasteiger partial charge in [0.2, 0.25) is 0 Å². The molecule has 9 heteroatoms. The molecule has 0 atom stereocenters. The highest BCUT2D eigenvalue weighted by atomic mass is 19.1. The molecule has 8 nitrogen and oxygen atoms in total. The van der Waals surface area contributed by atoms with Crippen molar-refractivity contribution < 1.29 is 9.13 Å². The Balaban J connectivity index is 1.47. The standard InChI is InChI=1S/C24H26FN7O/c1-3-4-17-13-21(31-30-17)27-20-14-22(32-9-7-26-8-10-32)29-24(28-20)33-19-6-5-16-11-15(2)12-18(16)23(19)25/h3-6,12-14,26H,7-11H2,1-2H3,(H2,27,28,29,30,31)/b4-3+. The molecule has 0 spiro atoms. The summed E-state index contributed by atoms with van der Waals surface area (Å²) < 4.78 is 21.0. The minimum absolute atomic E-state index is 0.0790. The molecule has 1 aliphatic heterocycles. The number of ether oxygens (including phenoxy) is 1. The number of nitrogens with zero attached hydrogens (tertiary/aromatic N) is 4. The van der Waals surface area contributed by atoms with Crippen LogP contribution in [0, 0.1) is 5.82 Å². The molecule has 0 amide bonds. The minimum atomic E-state index is -0.390. The van der Waals surface area contributed by atoms with Gasteiger partial charge >= 0.3 is 6.01 Å². The van der Waals surface area contributed by atoms with Gasteiger partial charge in [-0.1, -0.05) is 23.8 Å². The number of aromatic nitrogens is 4. The molecule has 1 aromatic carbocycles. The van der Waals surface area contributed by atoms with Crippen LogP contribution in [-0.4, -0.2) is 46.3 Å². The number of halogens is 1. The maximum absolute atomic E-state index is 15.1. The summed E-state index contributed by atoms with van der Waals surface area (Å²) in [7, 11) is 0. The Morgan fingerprint density at radius 2 is 2.00 bits per heavy atom. The van der Waals surface area contributed by atoms with E-state index in [0.717, 1.165) is 49.4 Å². The number of piperazine rings is 1. The van der Waals surface area contributed by atoms with E-state index in [2.05, 4.69) is 35.7 Å². The zero-order valence-electron chi connectivity index (χ0n) is 18.7. The van der Waals surface area contributed by atoms with Crippen LogP contribution in [0.25, 0.3) is 12.2 Å². The molecule has 1 saturated heterocycles. The van der Waals surface area contributed by atoms with Crippen molar-refractivity contribution in [3.05, 3.63) is 58.6 Å². The summed E-state index contributed by atoms with van der Waals surface area (Å²) in [4.78, 5) is 11.2. The third kappa shape index (κ3) is 4.58. The third-order valence-electron chi connectivity index (χ3n) is 5.63. The number of hydrogen-bond donors (Lipinski definition) is 3. The monoisotopic (exact) mass is 447 g/mol. The Labute approximate surface area is 191 Å². The third-order valence-corrected chi connectivity index (χ3v) is 5.63. The second-order valence-electron chi connectivity index (χ2n) is 8.18. The SMILES string of the molecule is C/C=C/c1cc(Nc2cc(N3CCNCC3)nc(Oc3ccc4c(c3F)C=C(C)C4)n2)n[nH]1. The number of H-pyrrole nitrogens is 1. The molecule has 3 heterocycles. The molecule has 1 aliphatic carbocycles. The van der Waals surface area contributed by atoms with Crippen molar-refractivity contribution in [1.82, 2.24) is 25.5 Å². The fourth-order valence-electron chi connectivity index (χ4n) is 4.07. The largest absolute Gasteiger partial charge is 0.421 e. The summed E-state index contributed by atoms with van der Waals surface area (Å²) in [5, 5.41) is 13.7. The molecule has 2 aromatic heterocycles. The van der Waals surface area contributed by atoms with E-state index in [-0.39, 0.29) is 11.8 Å². The Morgan fingerprint density at radius 3 is 2.82 bits per heavy atom. The fourth-order valence-corrected chi connectivity index (χ4v) is 4.07. The molecule has 0 bridgehead atoms. The lowest BCUT2D eigenvalue weighted by molar-refractivity contribution is 0.410. The lowest BCUT2D eigenvalue weighted by Crippen LogP contribution is -2.43. The molecular weight excluding hydrogens is 421 g/mol. The first-order valence-corrected chi connectivity index (χ1v) is 11.1. The molecule has 3 aromatic rings. The van der Waals surface area contributed by atoms with Gasteiger partial charge in [0.15, 0.2) is 17.4 Å². The Kier molecular flexibility index (Phi) is 5.78. The van der Waals surface area contributed by atoms with Gasteiger partial charge in [0.25, 0.3) is 0 Å². The summed E-state index contributed by atoms with van der Waals surface area (Å²) in [5.41, 5.74) is 3.54. The van der Waals surface area contributed by atoms with Crippen molar-refractivity contribution in [2.45, 2.75) is 20.3 Å². The molecule has 0 radical (unpaired) electrons. The summed E-state index contributed by atoms with van der Waals surface area (Å²) in [5.74, 6) is 1.56. The predicted octanol–water partition coefficient (Wildman–Crippen LogP) is 4.28. The first-order valence-electron chi connectivity index (χ1n) is 11.1. The number of anilines is 3. The fraction of sp³-hybridized carbons (Fsp3) is 0.292. The van der Waals surface area contributed by atoms with Gasteiger partial charge in [0.1, 0.15) is 11.6 Å². The van der Waals surface area contributed by atoms with Crippen LogP contribution in [0.4, 0.5) is 21.8 Å². The molecule has 1 fully saturated rings. The van der Waals surface area contributed by atoms with Crippen molar-refractivity contribution in [3.8, 4) is 11.8 Å². The number of benzene rings is 1. The highest BCUT2D eigenvalue weighted by molar-refractivity contribution is 5.66. The highest BCUT2D eigenvalue weighted by Crippen LogP contribution is 2.34. The topological polar surface area (TPSA) is 91.0 Å². The van der Waals surface area contributed by atoms with Crippen LogP contribution in [-0.2, 0) is 6.42 Å². The molecule has 0 saturated carbocycles. The number of allylic oxidation sites excluding steroid dienone is 2. The highest BCUT2D eigenvalue weighted by Gasteiger charge is 2.20. The van der Waals surface area contributed by atoms with Crippen LogP contribution < -0.4 is 20.3 Å². The van der Waals surface area contributed by atoms with E-state index in [1.165, 1.54) is 0 Å². The predicted molar refractivity (Wildman–Crippen MR) is 128 cm³/mol. The van der Waals surface area contributed by atoms with E-state index >= 15 is 4.39 Å². The maximum atomic E-state index is 15.1. The van der Waals surface area contributed by atoms with E-state index in [0.29, 0.717) is 23.0 Å². The van der Waals surface area contributed by atoms with Gasteiger partial charge in [-0.2, -0.15) is 15.1 Å². The summed E-state index contributed by atoms with van der Waals surface area (Å²) in [6.07, 6.45) is 6.47. The van der Waals surface area contributed by atoms with Gasteiger partial charge in [-0.3, -0.25) is 5.10 Å². The Bertz CT molecular complexity index is 1230. The number of rotatable bonds is 6. The van der Waals surface area contributed by atoms with Crippen molar-refractivity contribution in [2.24, 2.45) is 0 Å². The van der Waals surface area contributed by atoms with E-state index < -0.39 is 5.82 Å². The zero-order chi connectivity index (χ0) is 22.8. The van der Waals surface area contributed by atoms with E-state index in [1.807, 2.05) is 50.3 Å². The van der Waals surface area contributed by atoms with Gasteiger partial charge in [0, 0.05) is 43.9 Å². The first kappa shape index (κ1) is 21.1. The number of hydrogen-bond acceptors (Lipinski definition) is 7. The summed E-state index contributed by atoms with van der Waals surface area (Å²) in [6, 6.07) is 7.35.